The molecule has 0 radical (unpaired) electrons. The van der Waals surface area contributed by atoms with Crippen LogP contribution in [0.1, 0.15) is 17.0 Å². The number of hydrogen-bond acceptors (Lipinski definition) is 8. The number of benzene rings is 2. The summed E-state index contributed by atoms with van der Waals surface area (Å²) in [7, 11) is -2.40. The van der Waals surface area contributed by atoms with Gasteiger partial charge in [-0.2, -0.15) is 15.0 Å². The van der Waals surface area contributed by atoms with Crippen LogP contribution in [0.15, 0.2) is 47.4 Å². The molecule has 2 aromatic carbocycles. The SMILES string of the molecule is COc1ccc(N(Cc2nc(N)nc(N)n2)S(=O)(=O)c2cc(C)ccc2C)cc1. The first kappa shape index (κ1) is 20.3. The molecule has 29 heavy (non-hydrogen) atoms. The third kappa shape index (κ3) is 4.37. The molecule has 0 atom stereocenters. The monoisotopic (exact) mass is 414 g/mol. The number of anilines is 3. The number of rotatable bonds is 6. The van der Waals surface area contributed by atoms with E-state index in [4.69, 9.17) is 16.2 Å². The number of nitrogens with two attached hydrogens (primary N) is 2. The predicted octanol–water partition coefficient (Wildman–Crippen LogP) is 2.06. The van der Waals surface area contributed by atoms with E-state index in [9.17, 15) is 8.42 Å². The van der Waals surface area contributed by atoms with E-state index < -0.39 is 10.0 Å². The largest absolute Gasteiger partial charge is 0.497 e. The number of nitrogens with zero attached hydrogens (tertiary/aromatic N) is 4. The maximum absolute atomic E-state index is 13.6. The Hall–Kier alpha value is -3.40. The van der Waals surface area contributed by atoms with E-state index in [1.807, 2.05) is 13.0 Å². The van der Waals surface area contributed by atoms with E-state index in [-0.39, 0.29) is 29.2 Å². The van der Waals surface area contributed by atoms with Crippen LogP contribution in [-0.4, -0.2) is 30.5 Å². The average Bonchev–Trinajstić information content (AvgIpc) is 2.67. The van der Waals surface area contributed by atoms with Gasteiger partial charge in [0, 0.05) is 0 Å². The molecule has 152 valence electrons. The van der Waals surface area contributed by atoms with Gasteiger partial charge in [0.2, 0.25) is 11.9 Å². The molecule has 1 heterocycles. The molecule has 0 amide bonds. The molecule has 0 bridgehead atoms. The Morgan fingerprint density at radius 2 is 1.59 bits per heavy atom. The lowest BCUT2D eigenvalue weighted by molar-refractivity contribution is 0.415. The van der Waals surface area contributed by atoms with Gasteiger partial charge in [-0.1, -0.05) is 12.1 Å². The lowest BCUT2D eigenvalue weighted by Crippen LogP contribution is -2.32. The molecule has 0 fully saturated rings. The molecule has 9 nitrogen and oxygen atoms in total. The van der Waals surface area contributed by atoms with Crippen LogP contribution in [0, 0.1) is 13.8 Å². The lowest BCUT2D eigenvalue weighted by atomic mass is 10.2. The van der Waals surface area contributed by atoms with Crippen molar-refractivity contribution in [2.75, 3.05) is 22.9 Å². The fourth-order valence-electron chi connectivity index (χ4n) is 2.82. The molecule has 0 saturated heterocycles. The molecule has 4 N–H and O–H groups in total. The molecule has 3 rings (SSSR count). The topological polar surface area (TPSA) is 137 Å². The Bertz CT molecular complexity index is 1110. The van der Waals surface area contributed by atoms with Gasteiger partial charge < -0.3 is 16.2 Å². The van der Waals surface area contributed by atoms with E-state index >= 15 is 0 Å². The molecule has 0 unspecified atom stereocenters. The second kappa shape index (κ2) is 7.92. The Kier molecular flexibility index (Phi) is 5.55. The van der Waals surface area contributed by atoms with Crippen LogP contribution in [0.4, 0.5) is 17.6 Å². The molecule has 0 aliphatic carbocycles. The summed E-state index contributed by atoms with van der Waals surface area (Å²) < 4.78 is 33.6. The second-order valence-corrected chi connectivity index (χ2v) is 8.28. The van der Waals surface area contributed by atoms with Gasteiger partial charge in [-0.15, -0.1) is 0 Å². The third-order valence-corrected chi connectivity index (χ3v) is 6.19. The van der Waals surface area contributed by atoms with Crippen molar-refractivity contribution in [1.82, 2.24) is 15.0 Å². The highest BCUT2D eigenvalue weighted by Gasteiger charge is 2.28. The maximum Gasteiger partial charge on any atom is 0.265 e. The minimum atomic E-state index is -3.94. The molecule has 3 aromatic rings. The molecular formula is C19H22N6O3S. The van der Waals surface area contributed by atoms with Gasteiger partial charge in [-0.05, 0) is 55.3 Å². The molecule has 10 heteroatoms. The van der Waals surface area contributed by atoms with E-state index in [1.54, 1.807) is 43.3 Å². The number of aryl methyl sites for hydroxylation is 2. The first-order valence-electron chi connectivity index (χ1n) is 8.70. The average molecular weight is 414 g/mol. The van der Waals surface area contributed by atoms with Crippen molar-refractivity contribution >= 4 is 27.6 Å². The van der Waals surface area contributed by atoms with Crippen molar-refractivity contribution in [3.8, 4) is 5.75 Å². The van der Waals surface area contributed by atoms with Gasteiger partial charge in [0.05, 0.1) is 24.2 Å². The van der Waals surface area contributed by atoms with Crippen LogP contribution in [0.2, 0.25) is 0 Å². The third-order valence-electron chi connectivity index (χ3n) is 4.27. The zero-order valence-corrected chi connectivity index (χ0v) is 17.1. The first-order chi connectivity index (χ1) is 13.7. The fraction of sp³-hybridized carbons (Fsp3) is 0.211. The summed E-state index contributed by atoms with van der Waals surface area (Å²) in [6.45, 7) is 3.42. The first-order valence-corrected chi connectivity index (χ1v) is 10.1. The van der Waals surface area contributed by atoms with Gasteiger partial charge in [0.25, 0.3) is 10.0 Å². The van der Waals surface area contributed by atoms with Crippen molar-refractivity contribution in [3.05, 3.63) is 59.4 Å². The number of methoxy groups -OCH3 is 1. The molecule has 0 saturated carbocycles. The summed E-state index contributed by atoms with van der Waals surface area (Å²) in [4.78, 5) is 12.0. The second-order valence-electron chi connectivity index (χ2n) is 6.45. The quantitative estimate of drug-likeness (QED) is 0.625. The number of nitrogen functional groups attached to an aromatic ring is 2. The zero-order valence-electron chi connectivity index (χ0n) is 16.3. The molecule has 0 aliphatic rings. The van der Waals surface area contributed by atoms with Crippen molar-refractivity contribution in [3.63, 3.8) is 0 Å². The summed E-state index contributed by atoms with van der Waals surface area (Å²) in [5.41, 5.74) is 13.2. The zero-order chi connectivity index (χ0) is 21.2. The highest BCUT2D eigenvalue weighted by atomic mass is 32.2. The van der Waals surface area contributed by atoms with E-state index in [0.29, 0.717) is 17.0 Å². The van der Waals surface area contributed by atoms with Crippen LogP contribution in [0.5, 0.6) is 5.75 Å². The van der Waals surface area contributed by atoms with Crippen molar-refractivity contribution in [2.45, 2.75) is 25.3 Å². The normalized spacial score (nSPS) is 11.3. The van der Waals surface area contributed by atoms with Crippen LogP contribution in [0.3, 0.4) is 0 Å². The number of sulfonamides is 1. The van der Waals surface area contributed by atoms with Gasteiger partial charge in [0.15, 0.2) is 5.82 Å². The number of hydrogen-bond donors (Lipinski definition) is 2. The molecule has 0 aliphatic heterocycles. The van der Waals surface area contributed by atoms with Crippen molar-refractivity contribution in [1.29, 1.82) is 0 Å². The molecule has 1 aromatic heterocycles. The standard InChI is InChI=1S/C19H22N6O3S/c1-12-4-5-13(2)16(10-12)29(26,27)25(14-6-8-15(28-3)9-7-14)11-17-22-18(20)24-19(21)23-17/h4-10H,11H2,1-3H3,(H4,20,21,22,23,24). The molecule has 0 spiro atoms. The Balaban J connectivity index is 2.14. The van der Waals surface area contributed by atoms with Crippen LogP contribution >= 0.6 is 0 Å². The Morgan fingerprint density at radius 3 is 2.17 bits per heavy atom. The van der Waals surface area contributed by atoms with Crippen molar-refractivity contribution in [2.24, 2.45) is 0 Å². The summed E-state index contributed by atoms with van der Waals surface area (Å²) in [6, 6.07) is 11.9. The number of aromatic nitrogens is 3. The predicted molar refractivity (Wildman–Crippen MR) is 111 cm³/mol. The van der Waals surface area contributed by atoms with Gasteiger partial charge in [-0.25, -0.2) is 8.42 Å². The van der Waals surface area contributed by atoms with E-state index in [1.165, 1.54) is 11.4 Å². The smallest absolute Gasteiger partial charge is 0.265 e. The van der Waals surface area contributed by atoms with Gasteiger partial charge in [-0.3, -0.25) is 4.31 Å². The van der Waals surface area contributed by atoms with Crippen LogP contribution in [-0.2, 0) is 16.6 Å². The summed E-state index contributed by atoms with van der Waals surface area (Å²) >= 11 is 0. The van der Waals surface area contributed by atoms with E-state index in [2.05, 4.69) is 15.0 Å². The molecular weight excluding hydrogens is 392 g/mol. The number of ether oxygens (including phenoxy) is 1. The van der Waals surface area contributed by atoms with Crippen LogP contribution < -0.4 is 20.5 Å². The summed E-state index contributed by atoms with van der Waals surface area (Å²) in [6.07, 6.45) is 0. The lowest BCUT2D eigenvalue weighted by Gasteiger charge is -2.25. The van der Waals surface area contributed by atoms with Gasteiger partial charge >= 0.3 is 0 Å². The summed E-state index contributed by atoms with van der Waals surface area (Å²) in [5.74, 6) is 0.587. The Labute approximate surface area is 169 Å². The minimum absolute atomic E-state index is 0.0775. The van der Waals surface area contributed by atoms with Gasteiger partial charge in [0.1, 0.15) is 5.75 Å². The van der Waals surface area contributed by atoms with E-state index in [0.717, 1.165) is 5.56 Å². The van der Waals surface area contributed by atoms with Crippen LogP contribution in [0.25, 0.3) is 0 Å². The fourth-order valence-corrected chi connectivity index (χ4v) is 4.56. The summed E-state index contributed by atoms with van der Waals surface area (Å²) in [5, 5.41) is 0. The maximum atomic E-state index is 13.6. The van der Waals surface area contributed by atoms with Crippen molar-refractivity contribution < 1.29 is 13.2 Å². The Morgan fingerprint density at radius 1 is 0.966 bits per heavy atom. The highest BCUT2D eigenvalue weighted by Crippen LogP contribution is 2.29. The highest BCUT2D eigenvalue weighted by molar-refractivity contribution is 7.92. The minimum Gasteiger partial charge on any atom is -0.497 e.